The van der Waals surface area contributed by atoms with Crippen molar-refractivity contribution in [2.24, 2.45) is 5.92 Å². The van der Waals surface area contributed by atoms with Crippen LogP contribution in [0.1, 0.15) is 37.1 Å². The van der Waals surface area contributed by atoms with Crippen LogP contribution in [0.4, 0.5) is 0 Å². The fourth-order valence-electron chi connectivity index (χ4n) is 2.26. The Labute approximate surface area is 106 Å². The van der Waals surface area contributed by atoms with Crippen molar-refractivity contribution in [3.8, 4) is 0 Å². The molecule has 0 aliphatic heterocycles. The Balaban J connectivity index is 1.90. The topological polar surface area (TPSA) is 42.9 Å². The minimum atomic E-state index is 0.299. The van der Waals surface area contributed by atoms with Crippen LogP contribution in [0.25, 0.3) is 0 Å². The molecule has 0 bridgehead atoms. The van der Waals surface area contributed by atoms with Crippen molar-refractivity contribution in [2.75, 3.05) is 5.75 Å². The van der Waals surface area contributed by atoms with Crippen molar-refractivity contribution in [3.63, 3.8) is 0 Å². The molecule has 1 aromatic rings. The zero-order chi connectivity index (χ0) is 12.3. The van der Waals surface area contributed by atoms with E-state index in [9.17, 15) is 4.79 Å². The van der Waals surface area contributed by atoms with Gasteiger partial charge in [-0.05, 0) is 32.8 Å². The molecule has 1 aliphatic carbocycles. The Morgan fingerprint density at radius 3 is 2.47 bits per heavy atom. The number of aromatic nitrogens is 2. The van der Waals surface area contributed by atoms with Gasteiger partial charge in [0.2, 0.25) is 0 Å². The van der Waals surface area contributed by atoms with E-state index in [4.69, 9.17) is 0 Å². The van der Waals surface area contributed by atoms with Crippen LogP contribution in [0.5, 0.6) is 0 Å². The molecule has 0 unspecified atom stereocenters. The highest BCUT2D eigenvalue weighted by Crippen LogP contribution is 2.27. The number of carbonyl (C=O) groups is 1. The van der Waals surface area contributed by atoms with Crippen molar-refractivity contribution < 1.29 is 4.79 Å². The molecule has 4 heteroatoms. The van der Waals surface area contributed by atoms with Gasteiger partial charge in [-0.2, -0.15) is 0 Å². The lowest BCUT2D eigenvalue weighted by atomic mass is 10.0. The van der Waals surface area contributed by atoms with Gasteiger partial charge < -0.3 is 0 Å². The van der Waals surface area contributed by atoms with E-state index in [1.165, 1.54) is 24.6 Å². The van der Waals surface area contributed by atoms with Crippen LogP contribution in [0.3, 0.4) is 0 Å². The second kappa shape index (κ2) is 5.63. The average Bonchev–Trinajstić information content (AvgIpc) is 2.78. The van der Waals surface area contributed by atoms with Gasteiger partial charge in [-0.25, -0.2) is 9.97 Å². The largest absolute Gasteiger partial charge is 0.298 e. The Hall–Kier alpha value is -0.900. The van der Waals surface area contributed by atoms with Gasteiger partial charge in [0.05, 0.1) is 5.75 Å². The maximum absolute atomic E-state index is 11.9. The minimum absolute atomic E-state index is 0.299. The third kappa shape index (κ3) is 3.53. The van der Waals surface area contributed by atoms with Gasteiger partial charge >= 0.3 is 0 Å². The van der Waals surface area contributed by atoms with Crippen LogP contribution in [-0.4, -0.2) is 21.5 Å². The number of aryl methyl sites for hydroxylation is 2. The van der Waals surface area contributed by atoms with Crippen LogP contribution >= 0.6 is 11.8 Å². The van der Waals surface area contributed by atoms with Gasteiger partial charge in [0.1, 0.15) is 5.78 Å². The zero-order valence-corrected chi connectivity index (χ0v) is 11.2. The summed E-state index contributed by atoms with van der Waals surface area (Å²) >= 11 is 1.47. The molecule has 0 amide bonds. The van der Waals surface area contributed by atoms with Gasteiger partial charge in [-0.1, -0.05) is 24.6 Å². The predicted molar refractivity (Wildman–Crippen MR) is 69.2 cm³/mol. The van der Waals surface area contributed by atoms with Crippen molar-refractivity contribution in [2.45, 2.75) is 44.7 Å². The number of Topliss-reactive ketones (excluding diaryl/α,β-unsaturated/α-hetero) is 1. The summed E-state index contributed by atoms with van der Waals surface area (Å²) in [5, 5.41) is 0.730. The average molecular weight is 250 g/mol. The molecule has 0 radical (unpaired) electrons. The first kappa shape index (κ1) is 12.6. The van der Waals surface area contributed by atoms with E-state index in [0.29, 0.717) is 17.5 Å². The highest BCUT2D eigenvalue weighted by molar-refractivity contribution is 7.99. The summed E-state index contributed by atoms with van der Waals surface area (Å²) in [7, 11) is 0. The summed E-state index contributed by atoms with van der Waals surface area (Å²) in [5.41, 5.74) is 1.93. The molecule has 0 spiro atoms. The van der Waals surface area contributed by atoms with E-state index in [1.807, 2.05) is 19.9 Å². The normalized spacial score (nSPS) is 16.4. The predicted octanol–water partition coefficient (Wildman–Crippen LogP) is 2.94. The molecule has 1 aromatic heterocycles. The second-order valence-corrected chi connectivity index (χ2v) is 5.61. The maximum atomic E-state index is 11.9. The molecule has 1 fully saturated rings. The Morgan fingerprint density at radius 1 is 1.29 bits per heavy atom. The van der Waals surface area contributed by atoms with Gasteiger partial charge in [-0.15, -0.1) is 0 Å². The van der Waals surface area contributed by atoms with E-state index in [1.54, 1.807) is 0 Å². The van der Waals surface area contributed by atoms with Crippen LogP contribution in [-0.2, 0) is 4.79 Å². The van der Waals surface area contributed by atoms with E-state index >= 15 is 0 Å². The molecule has 0 aromatic carbocycles. The summed E-state index contributed by atoms with van der Waals surface area (Å²) in [6, 6.07) is 1.95. The summed E-state index contributed by atoms with van der Waals surface area (Å²) in [6.07, 6.45) is 4.57. The minimum Gasteiger partial charge on any atom is -0.298 e. The molecule has 0 saturated heterocycles. The van der Waals surface area contributed by atoms with Crippen LogP contribution < -0.4 is 0 Å². The van der Waals surface area contributed by atoms with Crippen LogP contribution in [0.15, 0.2) is 11.2 Å². The van der Waals surface area contributed by atoms with E-state index in [2.05, 4.69) is 9.97 Å². The summed E-state index contributed by atoms with van der Waals surface area (Å²) < 4.78 is 0. The monoisotopic (exact) mass is 250 g/mol. The summed E-state index contributed by atoms with van der Waals surface area (Å²) in [4.78, 5) is 20.6. The first-order valence-corrected chi connectivity index (χ1v) is 7.11. The van der Waals surface area contributed by atoms with Gasteiger partial charge in [0.25, 0.3) is 0 Å². The highest BCUT2D eigenvalue weighted by Gasteiger charge is 2.22. The number of hydrogen-bond donors (Lipinski definition) is 0. The SMILES string of the molecule is Cc1cc(C)nc(SCC(=O)C2CCCC2)n1. The van der Waals surface area contributed by atoms with E-state index < -0.39 is 0 Å². The van der Waals surface area contributed by atoms with Gasteiger partial charge in [0.15, 0.2) is 5.16 Å². The molecule has 1 saturated carbocycles. The molecule has 0 atom stereocenters. The van der Waals surface area contributed by atoms with E-state index in [-0.39, 0.29) is 0 Å². The molecule has 92 valence electrons. The van der Waals surface area contributed by atoms with E-state index in [0.717, 1.165) is 29.4 Å². The second-order valence-electron chi connectivity index (χ2n) is 4.67. The Bertz CT molecular complexity index is 394. The lowest BCUT2D eigenvalue weighted by molar-refractivity contribution is -0.120. The third-order valence-corrected chi connectivity index (χ3v) is 3.99. The fraction of sp³-hybridized carbons (Fsp3) is 0.615. The smallest absolute Gasteiger partial charge is 0.188 e. The lowest BCUT2D eigenvalue weighted by Gasteiger charge is -2.07. The van der Waals surface area contributed by atoms with Crippen LogP contribution in [0, 0.1) is 19.8 Å². The Kier molecular flexibility index (Phi) is 4.15. The van der Waals surface area contributed by atoms with Gasteiger partial charge in [0, 0.05) is 17.3 Å². The van der Waals surface area contributed by atoms with Crippen LogP contribution in [0.2, 0.25) is 0 Å². The highest BCUT2D eigenvalue weighted by atomic mass is 32.2. The third-order valence-electron chi connectivity index (χ3n) is 3.12. The summed E-state index contributed by atoms with van der Waals surface area (Å²) in [5.74, 6) is 1.19. The van der Waals surface area contributed by atoms with Gasteiger partial charge in [-0.3, -0.25) is 4.79 Å². The molecular formula is C13H18N2OS. The quantitative estimate of drug-likeness (QED) is 0.608. The van der Waals surface area contributed by atoms with Crippen molar-refractivity contribution in [3.05, 3.63) is 17.5 Å². The number of rotatable bonds is 4. The Morgan fingerprint density at radius 2 is 1.88 bits per heavy atom. The lowest BCUT2D eigenvalue weighted by Crippen LogP contribution is -2.13. The molecule has 1 aliphatic rings. The zero-order valence-electron chi connectivity index (χ0n) is 10.4. The molecule has 0 N–H and O–H groups in total. The fourth-order valence-corrected chi connectivity index (χ4v) is 3.18. The molecule has 1 heterocycles. The number of nitrogens with zero attached hydrogens (tertiary/aromatic N) is 2. The number of thioether (sulfide) groups is 1. The first-order valence-electron chi connectivity index (χ1n) is 6.13. The molecule has 17 heavy (non-hydrogen) atoms. The molecule has 3 nitrogen and oxygen atoms in total. The number of ketones is 1. The number of carbonyl (C=O) groups excluding carboxylic acids is 1. The standard InChI is InChI=1S/C13H18N2OS/c1-9-7-10(2)15-13(14-9)17-8-12(16)11-5-3-4-6-11/h7,11H,3-6,8H2,1-2H3. The first-order chi connectivity index (χ1) is 8.15. The van der Waals surface area contributed by atoms with Crippen molar-refractivity contribution >= 4 is 17.5 Å². The maximum Gasteiger partial charge on any atom is 0.188 e. The molecular weight excluding hydrogens is 232 g/mol. The van der Waals surface area contributed by atoms with Crippen molar-refractivity contribution in [1.29, 1.82) is 0 Å². The van der Waals surface area contributed by atoms with Crippen molar-refractivity contribution in [1.82, 2.24) is 9.97 Å². The number of hydrogen-bond acceptors (Lipinski definition) is 4. The summed E-state index contributed by atoms with van der Waals surface area (Å²) in [6.45, 7) is 3.91. The molecule has 2 rings (SSSR count).